The molecule has 7 heteroatoms. The van der Waals surface area contributed by atoms with Crippen LogP contribution in [0, 0.1) is 19.7 Å². The quantitative estimate of drug-likeness (QED) is 0.718. The number of aliphatic hydroxyl groups is 2. The summed E-state index contributed by atoms with van der Waals surface area (Å²) in [5.74, 6) is -0.313. The van der Waals surface area contributed by atoms with Gasteiger partial charge in [-0.2, -0.15) is 5.10 Å². The zero-order valence-electron chi connectivity index (χ0n) is 13.3. The number of nitrogens with one attached hydrogen (secondary N) is 1. The van der Waals surface area contributed by atoms with Crippen LogP contribution in [-0.2, 0) is 13.1 Å². The molecule has 0 bridgehead atoms. The molecule has 23 heavy (non-hydrogen) atoms. The Kier molecular flexibility index (Phi) is 7.64. The van der Waals surface area contributed by atoms with Crippen molar-refractivity contribution in [3.8, 4) is 0 Å². The predicted octanol–water partition coefficient (Wildman–Crippen LogP) is 1.88. The smallest absolute Gasteiger partial charge is 0.123 e. The molecule has 1 aromatic heterocycles. The average Bonchev–Trinajstić information content (AvgIpc) is 2.75. The molecule has 1 aromatic carbocycles. The lowest BCUT2D eigenvalue weighted by Gasteiger charge is -2.12. The Balaban J connectivity index is 0.00000264. The molecule has 1 atom stereocenters. The third-order valence-corrected chi connectivity index (χ3v) is 3.74. The Morgan fingerprint density at radius 3 is 2.52 bits per heavy atom. The molecule has 2 rings (SSSR count). The summed E-state index contributed by atoms with van der Waals surface area (Å²) in [6.07, 6.45) is -0.686. The van der Waals surface area contributed by atoms with Crippen molar-refractivity contribution in [3.05, 3.63) is 52.6 Å². The van der Waals surface area contributed by atoms with Crippen molar-refractivity contribution in [2.24, 2.45) is 0 Å². The van der Waals surface area contributed by atoms with E-state index in [9.17, 15) is 9.50 Å². The van der Waals surface area contributed by atoms with Crippen molar-refractivity contribution in [3.63, 3.8) is 0 Å². The van der Waals surface area contributed by atoms with E-state index in [1.165, 1.54) is 12.1 Å². The molecule has 0 saturated heterocycles. The van der Waals surface area contributed by atoms with Crippen molar-refractivity contribution in [1.29, 1.82) is 0 Å². The van der Waals surface area contributed by atoms with Gasteiger partial charge in [0.15, 0.2) is 0 Å². The van der Waals surface area contributed by atoms with Crippen LogP contribution in [-0.4, -0.2) is 33.1 Å². The van der Waals surface area contributed by atoms with Gasteiger partial charge < -0.3 is 15.5 Å². The first-order chi connectivity index (χ1) is 10.5. The van der Waals surface area contributed by atoms with Crippen LogP contribution < -0.4 is 5.32 Å². The Morgan fingerprint density at radius 1 is 1.26 bits per heavy atom. The van der Waals surface area contributed by atoms with Crippen molar-refractivity contribution in [1.82, 2.24) is 15.1 Å². The van der Waals surface area contributed by atoms with Gasteiger partial charge in [-0.25, -0.2) is 4.39 Å². The van der Waals surface area contributed by atoms with Crippen LogP contribution in [0.4, 0.5) is 4.39 Å². The molecular weight excluding hydrogens is 321 g/mol. The Bertz CT molecular complexity index is 617. The Labute approximate surface area is 141 Å². The highest BCUT2D eigenvalue weighted by Crippen LogP contribution is 2.15. The van der Waals surface area contributed by atoms with Crippen LogP contribution >= 0.6 is 12.4 Å². The van der Waals surface area contributed by atoms with Gasteiger partial charge in [0.1, 0.15) is 5.82 Å². The maximum atomic E-state index is 12.9. The van der Waals surface area contributed by atoms with E-state index in [-0.39, 0.29) is 24.8 Å². The minimum absolute atomic E-state index is 0. The Morgan fingerprint density at radius 2 is 1.91 bits per heavy atom. The molecule has 2 aromatic rings. The molecule has 0 fully saturated rings. The zero-order valence-corrected chi connectivity index (χ0v) is 14.1. The average molecular weight is 344 g/mol. The van der Waals surface area contributed by atoms with Crippen LogP contribution in [0.2, 0.25) is 0 Å². The molecule has 5 nitrogen and oxygen atoms in total. The minimum atomic E-state index is -0.686. The zero-order chi connectivity index (χ0) is 16.1. The monoisotopic (exact) mass is 343 g/mol. The van der Waals surface area contributed by atoms with Gasteiger partial charge in [-0.3, -0.25) is 4.68 Å². The lowest BCUT2D eigenvalue weighted by molar-refractivity contribution is 0.174. The summed E-state index contributed by atoms with van der Waals surface area (Å²) in [5.41, 5.74) is 3.67. The second-order valence-electron chi connectivity index (χ2n) is 5.29. The number of hydrogen-bond acceptors (Lipinski definition) is 4. The van der Waals surface area contributed by atoms with E-state index in [1.807, 2.05) is 13.8 Å². The molecule has 0 spiro atoms. The molecule has 0 amide bonds. The number of aryl methyl sites for hydroxylation is 1. The number of hydrogen-bond donors (Lipinski definition) is 3. The fraction of sp³-hybridized carbons (Fsp3) is 0.438. The van der Waals surface area contributed by atoms with Crippen LogP contribution in [0.15, 0.2) is 24.3 Å². The van der Waals surface area contributed by atoms with Crippen molar-refractivity contribution >= 4 is 12.4 Å². The first kappa shape index (κ1) is 19.6. The predicted molar refractivity (Wildman–Crippen MR) is 89.1 cm³/mol. The summed E-state index contributed by atoms with van der Waals surface area (Å²) < 4.78 is 14.6. The fourth-order valence-electron chi connectivity index (χ4n) is 2.44. The van der Waals surface area contributed by atoms with Crippen LogP contribution in [0.1, 0.15) is 28.6 Å². The largest absolute Gasteiger partial charge is 0.394 e. The number of halogens is 2. The minimum Gasteiger partial charge on any atom is -0.394 e. The van der Waals surface area contributed by atoms with Crippen molar-refractivity contribution < 1.29 is 14.6 Å². The van der Waals surface area contributed by atoms with Gasteiger partial charge in [0.2, 0.25) is 0 Å². The number of rotatable bonds is 7. The van der Waals surface area contributed by atoms with E-state index < -0.39 is 6.10 Å². The molecule has 3 N–H and O–H groups in total. The second-order valence-corrected chi connectivity index (χ2v) is 5.29. The summed E-state index contributed by atoms with van der Waals surface area (Å²) >= 11 is 0. The van der Waals surface area contributed by atoms with E-state index in [0.29, 0.717) is 25.2 Å². The maximum Gasteiger partial charge on any atom is 0.123 e. The fourth-order valence-corrected chi connectivity index (χ4v) is 2.44. The molecule has 0 radical (unpaired) electrons. The lowest BCUT2D eigenvalue weighted by atomic mass is 10.1. The first-order valence-corrected chi connectivity index (χ1v) is 7.31. The van der Waals surface area contributed by atoms with E-state index in [1.54, 1.807) is 16.8 Å². The third-order valence-electron chi connectivity index (χ3n) is 3.74. The molecule has 128 valence electrons. The van der Waals surface area contributed by atoms with E-state index in [4.69, 9.17) is 5.11 Å². The van der Waals surface area contributed by atoms with Gasteiger partial charge >= 0.3 is 0 Å². The second kappa shape index (κ2) is 8.98. The van der Waals surface area contributed by atoms with E-state index in [2.05, 4.69) is 10.4 Å². The van der Waals surface area contributed by atoms with Gasteiger partial charge in [-0.1, -0.05) is 12.1 Å². The van der Waals surface area contributed by atoms with Gasteiger partial charge in [-0.15, -0.1) is 12.4 Å². The normalized spacial score (nSPS) is 12.0. The van der Waals surface area contributed by atoms with Gasteiger partial charge in [0.05, 0.1) is 24.9 Å². The summed E-state index contributed by atoms with van der Waals surface area (Å²) in [5, 5.41) is 26.7. The molecule has 0 aliphatic heterocycles. The number of aromatic nitrogens is 2. The molecule has 0 saturated carbocycles. The highest BCUT2D eigenvalue weighted by atomic mass is 35.5. The maximum absolute atomic E-state index is 12.9. The van der Waals surface area contributed by atoms with Crippen molar-refractivity contribution in [2.45, 2.75) is 33.0 Å². The summed E-state index contributed by atoms with van der Waals surface area (Å²) in [7, 11) is 0. The van der Waals surface area contributed by atoms with E-state index in [0.717, 1.165) is 17.0 Å². The van der Waals surface area contributed by atoms with Crippen LogP contribution in [0.3, 0.4) is 0 Å². The summed E-state index contributed by atoms with van der Waals surface area (Å²) in [6, 6.07) is 5.84. The van der Waals surface area contributed by atoms with Gasteiger partial charge in [-0.05, 0) is 31.5 Å². The first-order valence-electron chi connectivity index (χ1n) is 7.31. The van der Waals surface area contributed by atoms with Crippen molar-refractivity contribution in [2.75, 3.05) is 13.2 Å². The third kappa shape index (κ3) is 5.00. The van der Waals surface area contributed by atoms with Gasteiger partial charge in [0, 0.05) is 24.3 Å². The van der Waals surface area contributed by atoms with Crippen LogP contribution in [0.5, 0.6) is 0 Å². The highest BCUT2D eigenvalue weighted by Gasteiger charge is 2.12. The highest BCUT2D eigenvalue weighted by molar-refractivity contribution is 5.85. The lowest BCUT2D eigenvalue weighted by Crippen LogP contribution is -2.21. The van der Waals surface area contributed by atoms with Crippen LogP contribution in [0.25, 0.3) is 0 Å². The molecular formula is C16H23ClFN3O2. The SMILES string of the molecule is Cc1nn(CCO)c(C)c1CNCC(O)c1ccc(F)cc1.Cl. The Hall–Kier alpha value is -1.47. The molecule has 0 aliphatic rings. The summed E-state index contributed by atoms with van der Waals surface area (Å²) in [4.78, 5) is 0. The van der Waals surface area contributed by atoms with E-state index >= 15 is 0 Å². The molecule has 1 heterocycles. The van der Waals surface area contributed by atoms with Gasteiger partial charge in [0.25, 0.3) is 0 Å². The standard InChI is InChI=1S/C16H22FN3O2.ClH/c1-11-15(12(2)20(19-11)7-8-21)9-18-10-16(22)13-3-5-14(17)6-4-13;/h3-6,16,18,21-22H,7-10H2,1-2H3;1H. The topological polar surface area (TPSA) is 70.3 Å². The molecule has 0 aliphatic carbocycles. The molecule has 1 unspecified atom stereocenters. The number of benzene rings is 1. The number of nitrogens with zero attached hydrogens (tertiary/aromatic N) is 2. The summed E-state index contributed by atoms with van der Waals surface area (Å²) in [6.45, 7) is 5.37. The number of aliphatic hydroxyl groups excluding tert-OH is 2.